The van der Waals surface area contributed by atoms with Crippen LogP contribution < -0.4 is 22.5 Å². The molecule has 0 aromatic heterocycles. The van der Waals surface area contributed by atoms with Gasteiger partial charge in [0.05, 0.1) is 12.6 Å². The Labute approximate surface area is 215 Å². The molecule has 3 aliphatic rings. The van der Waals surface area contributed by atoms with Crippen LogP contribution in [0.1, 0.15) is 51.4 Å². The molecule has 0 spiro atoms. The van der Waals surface area contributed by atoms with Gasteiger partial charge >= 0.3 is 5.97 Å². The molecule has 0 aliphatic carbocycles. The van der Waals surface area contributed by atoms with Crippen molar-refractivity contribution in [1.29, 1.82) is 0 Å². The van der Waals surface area contributed by atoms with Crippen LogP contribution in [0.3, 0.4) is 0 Å². The molecule has 3 fully saturated rings. The number of nitrogens with one attached hydrogen (secondary N) is 1. The van der Waals surface area contributed by atoms with E-state index in [2.05, 4.69) is 10.3 Å². The predicted octanol–water partition coefficient (Wildman–Crippen LogP) is -2.46. The second-order valence-electron chi connectivity index (χ2n) is 9.74. The molecule has 14 nitrogen and oxygen atoms in total. The third-order valence-corrected chi connectivity index (χ3v) is 7.22. The van der Waals surface area contributed by atoms with Crippen molar-refractivity contribution in [2.45, 2.75) is 75.5 Å². The molecular formula is C23H38N8O6. The summed E-state index contributed by atoms with van der Waals surface area (Å²) in [5.74, 6) is -2.63. The van der Waals surface area contributed by atoms with Crippen LogP contribution in [0.15, 0.2) is 4.99 Å². The average molecular weight is 523 g/mol. The molecule has 0 bridgehead atoms. The summed E-state index contributed by atoms with van der Waals surface area (Å²) in [5.41, 5.74) is 16.7. The molecule has 0 radical (unpaired) electrons. The summed E-state index contributed by atoms with van der Waals surface area (Å²) >= 11 is 0. The first-order chi connectivity index (χ1) is 17.6. The summed E-state index contributed by atoms with van der Waals surface area (Å²) in [6, 6.07) is -3.10. The lowest BCUT2D eigenvalue weighted by molar-refractivity contribution is -0.148. The number of carbonyl (C=O) groups excluding carboxylic acids is 4. The molecule has 0 saturated carbocycles. The number of nitrogens with zero attached hydrogens (tertiary/aromatic N) is 4. The van der Waals surface area contributed by atoms with Crippen LogP contribution in [-0.2, 0) is 24.0 Å². The van der Waals surface area contributed by atoms with Crippen molar-refractivity contribution in [1.82, 2.24) is 20.0 Å². The molecule has 3 aliphatic heterocycles. The van der Waals surface area contributed by atoms with Gasteiger partial charge in [-0.3, -0.25) is 24.2 Å². The molecule has 3 rings (SSSR count). The van der Waals surface area contributed by atoms with E-state index < -0.39 is 42.0 Å². The molecule has 206 valence electrons. The van der Waals surface area contributed by atoms with Gasteiger partial charge < -0.3 is 42.3 Å². The van der Waals surface area contributed by atoms with Gasteiger partial charge in [-0.1, -0.05) is 0 Å². The van der Waals surface area contributed by atoms with Crippen molar-refractivity contribution in [2.24, 2.45) is 22.2 Å². The Morgan fingerprint density at radius 1 is 0.892 bits per heavy atom. The van der Waals surface area contributed by atoms with Gasteiger partial charge in [0, 0.05) is 26.2 Å². The predicted molar refractivity (Wildman–Crippen MR) is 133 cm³/mol. The Morgan fingerprint density at radius 2 is 1.49 bits per heavy atom. The summed E-state index contributed by atoms with van der Waals surface area (Å²) < 4.78 is 0. The number of nitrogens with two attached hydrogens (primary N) is 3. The number of hydrogen-bond acceptors (Lipinski definition) is 7. The van der Waals surface area contributed by atoms with Gasteiger partial charge in [-0.25, -0.2) is 4.79 Å². The van der Waals surface area contributed by atoms with E-state index in [0.717, 1.165) is 0 Å². The first kappa shape index (κ1) is 28.2. The normalized spacial score (nSPS) is 24.1. The summed E-state index contributed by atoms with van der Waals surface area (Å²) in [4.78, 5) is 71.3. The minimum absolute atomic E-state index is 0.0285. The number of hydrogen-bond donors (Lipinski definition) is 5. The van der Waals surface area contributed by atoms with Gasteiger partial charge in [-0.2, -0.15) is 0 Å². The van der Waals surface area contributed by atoms with Crippen LogP contribution >= 0.6 is 0 Å². The highest BCUT2D eigenvalue weighted by molar-refractivity contribution is 5.95. The summed E-state index contributed by atoms with van der Waals surface area (Å²) in [6.07, 6.45) is 4.08. The van der Waals surface area contributed by atoms with E-state index in [9.17, 15) is 29.1 Å². The number of carboxylic acid groups (broad SMARTS) is 1. The third-order valence-electron chi connectivity index (χ3n) is 7.22. The number of aliphatic carboxylic acids is 1. The van der Waals surface area contributed by atoms with Gasteiger partial charge in [-0.05, 0) is 51.4 Å². The Bertz CT molecular complexity index is 923. The zero-order chi connectivity index (χ0) is 27.1. The van der Waals surface area contributed by atoms with E-state index in [4.69, 9.17) is 17.2 Å². The quantitative estimate of drug-likeness (QED) is 0.117. The minimum Gasteiger partial charge on any atom is -0.480 e. The molecular weight excluding hydrogens is 484 g/mol. The summed E-state index contributed by atoms with van der Waals surface area (Å²) in [6.45, 7) is 1.15. The van der Waals surface area contributed by atoms with Crippen molar-refractivity contribution >= 4 is 35.6 Å². The van der Waals surface area contributed by atoms with E-state index in [-0.39, 0.29) is 24.3 Å². The zero-order valence-electron chi connectivity index (χ0n) is 21.0. The van der Waals surface area contributed by atoms with Gasteiger partial charge in [0.2, 0.25) is 23.6 Å². The van der Waals surface area contributed by atoms with Crippen LogP contribution in [-0.4, -0.2) is 112 Å². The maximum atomic E-state index is 13.4. The molecule has 4 unspecified atom stereocenters. The number of aliphatic imine (C=N–C) groups is 1. The highest BCUT2D eigenvalue weighted by Gasteiger charge is 2.43. The van der Waals surface area contributed by atoms with Crippen molar-refractivity contribution in [2.75, 3.05) is 32.7 Å². The van der Waals surface area contributed by atoms with Crippen LogP contribution in [0.4, 0.5) is 0 Å². The molecule has 8 N–H and O–H groups in total. The van der Waals surface area contributed by atoms with Gasteiger partial charge in [0.15, 0.2) is 5.96 Å². The van der Waals surface area contributed by atoms with Crippen LogP contribution in [0.5, 0.6) is 0 Å². The topological polar surface area (TPSA) is 218 Å². The lowest BCUT2D eigenvalue weighted by Crippen LogP contribution is -2.55. The van der Waals surface area contributed by atoms with Gasteiger partial charge in [0.1, 0.15) is 18.1 Å². The highest BCUT2D eigenvalue weighted by atomic mass is 16.4. The van der Waals surface area contributed by atoms with E-state index in [1.165, 1.54) is 14.7 Å². The SMILES string of the molecule is NC(N)=NCCCC(N)C(=O)N1CCCC1C(=O)N1CCCC1C(=O)NCC(=O)N1CCCC1C(=O)O. The number of likely N-dealkylation sites (tertiary alicyclic amines) is 3. The second kappa shape index (κ2) is 12.7. The van der Waals surface area contributed by atoms with Crippen LogP contribution in [0.2, 0.25) is 0 Å². The monoisotopic (exact) mass is 522 g/mol. The number of guanidine groups is 1. The molecule has 0 aromatic carbocycles. The standard InChI is InChI=1S/C23H38N8O6/c24-14(5-1-9-27-23(25)26)20(34)31-12-3-7-16(31)21(35)30-11-2-6-15(30)19(33)28-13-18(32)29-10-4-8-17(29)22(36)37/h14-17H,1-13,24H2,(H,28,33)(H,36,37)(H4,25,26,27). The average Bonchev–Trinajstić information content (AvgIpc) is 3.63. The highest BCUT2D eigenvalue weighted by Crippen LogP contribution is 2.26. The van der Waals surface area contributed by atoms with Gasteiger partial charge in [0.25, 0.3) is 0 Å². The van der Waals surface area contributed by atoms with Crippen molar-refractivity contribution in [3.05, 3.63) is 0 Å². The van der Waals surface area contributed by atoms with Crippen molar-refractivity contribution in [3.8, 4) is 0 Å². The number of amides is 4. The third kappa shape index (κ3) is 6.87. The van der Waals surface area contributed by atoms with E-state index in [1.54, 1.807) is 0 Å². The number of carbonyl (C=O) groups is 5. The van der Waals surface area contributed by atoms with E-state index in [1.807, 2.05) is 0 Å². The fourth-order valence-corrected chi connectivity index (χ4v) is 5.34. The van der Waals surface area contributed by atoms with Crippen molar-refractivity contribution in [3.63, 3.8) is 0 Å². The molecule has 4 atom stereocenters. The van der Waals surface area contributed by atoms with Crippen LogP contribution in [0, 0.1) is 0 Å². The molecule has 0 aromatic rings. The first-order valence-corrected chi connectivity index (χ1v) is 12.8. The van der Waals surface area contributed by atoms with E-state index >= 15 is 0 Å². The zero-order valence-corrected chi connectivity index (χ0v) is 21.0. The lowest BCUT2D eigenvalue weighted by Gasteiger charge is -2.32. The van der Waals surface area contributed by atoms with Crippen molar-refractivity contribution < 1.29 is 29.1 Å². The smallest absolute Gasteiger partial charge is 0.326 e. The lowest BCUT2D eigenvalue weighted by atomic mass is 10.1. The molecule has 37 heavy (non-hydrogen) atoms. The second-order valence-corrected chi connectivity index (χ2v) is 9.74. The summed E-state index contributed by atoms with van der Waals surface area (Å²) in [7, 11) is 0. The maximum Gasteiger partial charge on any atom is 0.326 e. The molecule has 3 heterocycles. The Kier molecular flexibility index (Phi) is 9.66. The molecule has 3 saturated heterocycles. The number of rotatable bonds is 10. The molecule has 4 amide bonds. The largest absolute Gasteiger partial charge is 0.480 e. The minimum atomic E-state index is -1.06. The maximum absolute atomic E-state index is 13.4. The fraction of sp³-hybridized carbons (Fsp3) is 0.739. The van der Waals surface area contributed by atoms with E-state index in [0.29, 0.717) is 77.5 Å². The Morgan fingerprint density at radius 3 is 2.14 bits per heavy atom. The summed E-state index contributed by atoms with van der Waals surface area (Å²) in [5, 5.41) is 11.9. The fourth-order valence-electron chi connectivity index (χ4n) is 5.34. The first-order valence-electron chi connectivity index (χ1n) is 12.8. The Balaban J connectivity index is 1.55. The van der Waals surface area contributed by atoms with Gasteiger partial charge in [-0.15, -0.1) is 0 Å². The molecule has 14 heteroatoms. The Hall–Kier alpha value is -3.42. The number of carboxylic acids is 1. The van der Waals surface area contributed by atoms with Crippen LogP contribution in [0.25, 0.3) is 0 Å².